The van der Waals surface area contributed by atoms with E-state index < -0.39 is 0 Å². The fraction of sp³-hybridized carbons (Fsp3) is 0.0196. The number of fused-ring (bicyclic) bond motifs is 8. The van der Waals surface area contributed by atoms with Gasteiger partial charge in [0.05, 0.1) is 27.6 Å². The molecule has 8 aromatic carbocycles. The van der Waals surface area contributed by atoms with Gasteiger partial charge in [0.2, 0.25) is 0 Å². The van der Waals surface area contributed by atoms with Gasteiger partial charge in [-0.25, -0.2) is 0 Å². The monoisotopic (exact) mass is 704 g/mol. The van der Waals surface area contributed by atoms with Crippen LogP contribution in [0.3, 0.4) is 0 Å². The molecular weight excluding hydrogens is 669 g/mol. The molecule has 0 amide bonds. The van der Waals surface area contributed by atoms with E-state index in [9.17, 15) is 0 Å². The molecule has 260 valence electrons. The van der Waals surface area contributed by atoms with Crippen LogP contribution in [0.4, 0.5) is 17.1 Å². The lowest BCUT2D eigenvalue weighted by molar-refractivity contribution is 1.13. The molecule has 11 aromatic rings. The summed E-state index contributed by atoms with van der Waals surface area (Å²) < 4.78 is 7.11. The first-order valence-electron chi connectivity index (χ1n) is 18.9. The summed E-state index contributed by atoms with van der Waals surface area (Å²) in [5, 5.41) is 6.12. The Morgan fingerprint density at radius 1 is 0.345 bits per heavy atom. The highest BCUT2D eigenvalue weighted by Crippen LogP contribution is 2.43. The Kier molecular flexibility index (Phi) is 7.04. The third-order valence-electron chi connectivity index (χ3n) is 11.1. The van der Waals surface area contributed by atoms with Crippen LogP contribution in [0.2, 0.25) is 0 Å². The van der Waals surface area contributed by atoms with Crippen LogP contribution in [0.1, 0.15) is 5.56 Å². The Bertz CT molecular complexity index is 3190. The van der Waals surface area contributed by atoms with Crippen LogP contribution in [0.5, 0.6) is 0 Å². The predicted molar refractivity (Wildman–Crippen MR) is 231 cm³/mol. The van der Waals surface area contributed by atoms with Crippen molar-refractivity contribution in [2.45, 2.75) is 6.92 Å². The van der Waals surface area contributed by atoms with Crippen molar-refractivity contribution in [3.63, 3.8) is 0 Å². The number of aryl methyl sites for hydroxylation is 1. The maximum Gasteiger partial charge on any atom is 0.0635 e. The predicted octanol–water partition coefficient (Wildman–Crippen LogP) is 13.6. The second-order valence-corrected chi connectivity index (χ2v) is 14.3. The average molecular weight is 705 g/mol. The van der Waals surface area contributed by atoms with Crippen molar-refractivity contribution >= 4 is 71.6 Å². The number of benzene rings is 8. The van der Waals surface area contributed by atoms with Crippen LogP contribution >= 0.6 is 0 Å². The zero-order valence-electron chi connectivity index (χ0n) is 30.3. The molecule has 0 aliphatic heterocycles. The summed E-state index contributed by atoms with van der Waals surface area (Å²) in [4.78, 5) is 2.40. The summed E-state index contributed by atoms with van der Waals surface area (Å²) in [6, 6.07) is 70.4. The highest BCUT2D eigenvalue weighted by molar-refractivity contribution is 6.19. The van der Waals surface area contributed by atoms with Crippen molar-refractivity contribution < 1.29 is 0 Å². The number of para-hydroxylation sites is 4. The second kappa shape index (κ2) is 12.4. The molecule has 11 rings (SSSR count). The van der Waals surface area contributed by atoms with Gasteiger partial charge in [-0.3, -0.25) is 0 Å². The molecule has 0 atom stereocenters. The van der Waals surface area contributed by atoms with E-state index in [-0.39, 0.29) is 0 Å². The molecule has 0 saturated heterocycles. The topological polar surface area (TPSA) is 18.0 Å². The summed E-state index contributed by atoms with van der Waals surface area (Å²) in [6.45, 7) is 2.14. The lowest BCUT2D eigenvalue weighted by atomic mass is 10.1. The number of hydrogen-bond acceptors (Lipinski definition) is 1. The zero-order valence-corrected chi connectivity index (χ0v) is 30.3. The summed E-state index contributed by atoms with van der Waals surface area (Å²) in [6.07, 6.45) is 2.20. The Morgan fingerprint density at radius 3 is 1.60 bits per heavy atom. The summed E-state index contributed by atoms with van der Waals surface area (Å²) in [7, 11) is 0. The standard InChI is InChI=1S/C51H36N4/c1-35-21-23-39(24-22-35)54-48-20-12-11-19-42(48)45-33-40(25-28-49(45)54)53(37-15-7-3-8-16-37)41-26-29-50-46(34-41)43-27-30-47-44(31-32-52(47)36-13-5-2-6-14-36)51(43)55(50)38-17-9-4-10-18-38/h2-34H,1H3. The zero-order chi connectivity index (χ0) is 36.5. The number of nitrogens with zero attached hydrogens (tertiary/aromatic N) is 4. The Morgan fingerprint density at radius 2 is 0.891 bits per heavy atom. The molecule has 0 fully saturated rings. The van der Waals surface area contributed by atoms with E-state index in [4.69, 9.17) is 0 Å². The number of aromatic nitrogens is 3. The third-order valence-corrected chi connectivity index (χ3v) is 11.1. The van der Waals surface area contributed by atoms with E-state index in [2.05, 4.69) is 226 Å². The van der Waals surface area contributed by atoms with Crippen LogP contribution in [-0.4, -0.2) is 13.7 Å². The maximum atomic E-state index is 2.44. The van der Waals surface area contributed by atoms with Crippen molar-refractivity contribution in [2.24, 2.45) is 0 Å². The van der Waals surface area contributed by atoms with E-state index >= 15 is 0 Å². The summed E-state index contributed by atoms with van der Waals surface area (Å²) in [5.74, 6) is 0. The van der Waals surface area contributed by atoms with Gasteiger partial charge in [0.15, 0.2) is 0 Å². The molecule has 0 unspecified atom stereocenters. The van der Waals surface area contributed by atoms with Crippen LogP contribution in [-0.2, 0) is 0 Å². The number of rotatable bonds is 6. The lowest BCUT2D eigenvalue weighted by Crippen LogP contribution is -2.09. The fourth-order valence-corrected chi connectivity index (χ4v) is 8.61. The van der Waals surface area contributed by atoms with E-state index in [1.54, 1.807) is 0 Å². The van der Waals surface area contributed by atoms with Crippen LogP contribution < -0.4 is 4.90 Å². The molecule has 3 heterocycles. The van der Waals surface area contributed by atoms with Crippen molar-refractivity contribution in [2.75, 3.05) is 4.90 Å². The van der Waals surface area contributed by atoms with Gasteiger partial charge >= 0.3 is 0 Å². The first-order valence-corrected chi connectivity index (χ1v) is 18.9. The molecule has 0 spiro atoms. The number of anilines is 3. The summed E-state index contributed by atoms with van der Waals surface area (Å²) >= 11 is 0. The molecule has 0 N–H and O–H groups in total. The molecule has 4 nitrogen and oxygen atoms in total. The summed E-state index contributed by atoms with van der Waals surface area (Å²) in [5.41, 5.74) is 14.0. The molecule has 55 heavy (non-hydrogen) atoms. The van der Waals surface area contributed by atoms with Gasteiger partial charge in [-0.05, 0) is 110 Å². The van der Waals surface area contributed by atoms with Crippen molar-refractivity contribution in [1.29, 1.82) is 0 Å². The highest BCUT2D eigenvalue weighted by Gasteiger charge is 2.21. The minimum Gasteiger partial charge on any atom is -0.316 e. The third kappa shape index (κ3) is 4.92. The van der Waals surface area contributed by atoms with Gasteiger partial charge in [0.25, 0.3) is 0 Å². The van der Waals surface area contributed by atoms with Crippen LogP contribution in [0, 0.1) is 6.92 Å². The van der Waals surface area contributed by atoms with Gasteiger partial charge in [-0.1, -0.05) is 96.6 Å². The molecule has 0 radical (unpaired) electrons. The molecule has 0 aliphatic rings. The van der Waals surface area contributed by atoms with Gasteiger partial charge in [-0.2, -0.15) is 0 Å². The fourth-order valence-electron chi connectivity index (χ4n) is 8.61. The molecule has 3 aromatic heterocycles. The smallest absolute Gasteiger partial charge is 0.0635 e. The average Bonchev–Trinajstić information content (AvgIpc) is 3.93. The largest absolute Gasteiger partial charge is 0.316 e. The molecule has 0 aliphatic carbocycles. The molecule has 0 saturated carbocycles. The molecule has 4 heteroatoms. The van der Waals surface area contributed by atoms with Gasteiger partial charge in [0, 0.05) is 67.3 Å². The van der Waals surface area contributed by atoms with E-state index in [0.29, 0.717) is 0 Å². The quantitative estimate of drug-likeness (QED) is 0.168. The Balaban J connectivity index is 1.15. The van der Waals surface area contributed by atoms with Crippen molar-refractivity contribution in [3.8, 4) is 17.1 Å². The Hall–Kier alpha value is -7.30. The lowest BCUT2D eigenvalue weighted by Gasteiger charge is -2.26. The maximum absolute atomic E-state index is 2.44. The van der Waals surface area contributed by atoms with Gasteiger partial charge in [-0.15, -0.1) is 0 Å². The minimum absolute atomic E-state index is 1.11. The molecule has 0 bridgehead atoms. The van der Waals surface area contributed by atoms with Crippen LogP contribution in [0.25, 0.3) is 71.6 Å². The minimum atomic E-state index is 1.11. The normalized spacial score (nSPS) is 11.7. The van der Waals surface area contributed by atoms with Crippen molar-refractivity contribution in [1.82, 2.24) is 13.7 Å². The van der Waals surface area contributed by atoms with Gasteiger partial charge in [0.1, 0.15) is 0 Å². The SMILES string of the molecule is Cc1ccc(-n2c3ccccc3c3cc(N(c4ccccc4)c4ccc5c(c4)c4ccc6c(ccn6-c6ccccc6)c4n5-c4ccccc4)ccc32)cc1. The van der Waals surface area contributed by atoms with Crippen LogP contribution in [0.15, 0.2) is 200 Å². The van der Waals surface area contributed by atoms with E-state index in [0.717, 1.165) is 34.1 Å². The van der Waals surface area contributed by atoms with E-state index in [1.165, 1.54) is 60.1 Å². The number of hydrogen-bond donors (Lipinski definition) is 0. The first kappa shape index (κ1) is 31.2. The van der Waals surface area contributed by atoms with Gasteiger partial charge < -0.3 is 18.6 Å². The van der Waals surface area contributed by atoms with E-state index in [1.807, 2.05) is 0 Å². The van der Waals surface area contributed by atoms with Crippen molar-refractivity contribution in [3.05, 3.63) is 206 Å². The first-order chi connectivity index (χ1) is 27.2. The Labute approximate surface area is 319 Å². The molecular formula is C51H36N4. The highest BCUT2D eigenvalue weighted by atomic mass is 15.1. The second-order valence-electron chi connectivity index (χ2n) is 14.3.